The van der Waals surface area contributed by atoms with Crippen molar-refractivity contribution in [2.75, 3.05) is 13.6 Å². The number of hydrogen-bond donors (Lipinski definition) is 5. The van der Waals surface area contributed by atoms with Gasteiger partial charge >= 0.3 is 0 Å². The quantitative estimate of drug-likeness (QED) is 0.489. The molecule has 0 saturated carbocycles. The van der Waals surface area contributed by atoms with Crippen LogP contribution in [0.3, 0.4) is 0 Å². The molecule has 6 nitrogen and oxygen atoms in total. The van der Waals surface area contributed by atoms with Crippen LogP contribution in [0.2, 0.25) is 0 Å². The predicted octanol–water partition coefficient (Wildman–Crippen LogP) is 4.03. The fourth-order valence-corrected chi connectivity index (χ4v) is 4.12. The third kappa shape index (κ3) is 4.59. The van der Waals surface area contributed by atoms with Crippen molar-refractivity contribution in [2.24, 2.45) is 16.8 Å². The lowest BCUT2D eigenvalue weighted by atomic mass is 9.90. The summed E-state index contributed by atoms with van der Waals surface area (Å²) in [5.74, 6) is 0.428. The van der Waals surface area contributed by atoms with E-state index in [0.29, 0.717) is 11.6 Å². The number of hydrogen-bond acceptors (Lipinski definition) is 6. The summed E-state index contributed by atoms with van der Waals surface area (Å²) < 4.78 is 0. The Morgan fingerprint density at radius 1 is 1.38 bits per heavy atom. The monoisotopic (exact) mass is 392 g/mol. The highest BCUT2D eigenvalue weighted by Crippen LogP contribution is 2.33. The second-order valence-corrected chi connectivity index (χ2v) is 7.88. The van der Waals surface area contributed by atoms with Gasteiger partial charge in [0.2, 0.25) is 0 Å². The molecule has 3 rings (SSSR count). The van der Waals surface area contributed by atoms with E-state index in [0.717, 1.165) is 35.5 Å². The molecular formula is C23H32N6. The van der Waals surface area contributed by atoms with E-state index in [4.69, 9.17) is 11.3 Å². The van der Waals surface area contributed by atoms with Gasteiger partial charge < -0.3 is 21.7 Å². The molecule has 0 spiro atoms. The largest absolute Gasteiger partial charge is 0.401 e. The molecule has 1 aromatic carbocycles. The minimum atomic E-state index is 0.166. The SMILES string of the molecule is CN/C=C(\N=N)c1ccc2c(c1)C(NC1C=CC(C)=CC1C)CCN/C2=C(/C)N. The van der Waals surface area contributed by atoms with Crippen molar-refractivity contribution >= 4 is 11.4 Å². The van der Waals surface area contributed by atoms with Crippen molar-refractivity contribution < 1.29 is 0 Å². The maximum atomic E-state index is 7.54. The molecule has 6 N–H and O–H groups in total. The van der Waals surface area contributed by atoms with Gasteiger partial charge in [-0.3, -0.25) is 0 Å². The van der Waals surface area contributed by atoms with E-state index in [1.165, 1.54) is 11.1 Å². The van der Waals surface area contributed by atoms with Crippen LogP contribution in [0.4, 0.5) is 0 Å². The van der Waals surface area contributed by atoms with Crippen LogP contribution in [-0.2, 0) is 0 Å². The van der Waals surface area contributed by atoms with Crippen molar-refractivity contribution in [3.63, 3.8) is 0 Å². The molecule has 0 saturated heterocycles. The molecule has 6 heteroatoms. The van der Waals surface area contributed by atoms with Gasteiger partial charge in [0.1, 0.15) is 5.70 Å². The molecular weight excluding hydrogens is 360 g/mol. The summed E-state index contributed by atoms with van der Waals surface area (Å²) in [6.45, 7) is 7.16. The number of nitrogens with zero attached hydrogens (tertiary/aromatic N) is 1. The van der Waals surface area contributed by atoms with Crippen LogP contribution >= 0.6 is 0 Å². The Labute approximate surface area is 173 Å². The molecule has 0 fully saturated rings. The van der Waals surface area contributed by atoms with Gasteiger partial charge in [0.05, 0.1) is 5.70 Å². The van der Waals surface area contributed by atoms with Gasteiger partial charge in [-0.1, -0.05) is 42.9 Å². The second kappa shape index (κ2) is 9.09. The number of nitrogens with one attached hydrogen (secondary N) is 4. The van der Waals surface area contributed by atoms with Gasteiger partial charge in [-0.2, -0.15) is 5.11 Å². The first-order chi connectivity index (χ1) is 13.9. The average molecular weight is 393 g/mol. The van der Waals surface area contributed by atoms with Crippen molar-refractivity contribution in [1.82, 2.24) is 16.0 Å². The molecule has 3 unspecified atom stereocenters. The summed E-state index contributed by atoms with van der Waals surface area (Å²) in [5.41, 5.74) is 20.6. The van der Waals surface area contributed by atoms with Crippen LogP contribution in [0.1, 0.15) is 49.9 Å². The first-order valence-electron chi connectivity index (χ1n) is 10.2. The van der Waals surface area contributed by atoms with Crippen LogP contribution in [0.5, 0.6) is 0 Å². The molecule has 1 aliphatic carbocycles. The summed E-state index contributed by atoms with van der Waals surface area (Å²) in [6.07, 6.45) is 9.45. The molecule has 2 aliphatic rings. The van der Waals surface area contributed by atoms with Crippen LogP contribution in [0, 0.1) is 11.4 Å². The maximum absolute atomic E-state index is 7.54. The molecule has 1 heterocycles. The van der Waals surface area contributed by atoms with E-state index in [-0.39, 0.29) is 12.1 Å². The van der Waals surface area contributed by atoms with Gasteiger partial charge in [0, 0.05) is 48.7 Å². The van der Waals surface area contributed by atoms with Gasteiger partial charge in [-0.25, -0.2) is 5.53 Å². The summed E-state index contributed by atoms with van der Waals surface area (Å²) in [7, 11) is 1.81. The van der Waals surface area contributed by atoms with Crippen LogP contribution in [0.25, 0.3) is 11.4 Å². The van der Waals surface area contributed by atoms with Gasteiger partial charge in [0.25, 0.3) is 0 Å². The van der Waals surface area contributed by atoms with E-state index < -0.39 is 0 Å². The minimum absolute atomic E-state index is 0.166. The zero-order chi connectivity index (χ0) is 21.0. The highest BCUT2D eigenvalue weighted by atomic mass is 15.0. The Morgan fingerprint density at radius 2 is 2.17 bits per heavy atom. The highest BCUT2D eigenvalue weighted by Gasteiger charge is 2.26. The Bertz CT molecular complexity index is 889. The molecule has 0 aromatic heterocycles. The summed E-state index contributed by atoms with van der Waals surface area (Å²) >= 11 is 0. The second-order valence-electron chi connectivity index (χ2n) is 7.88. The van der Waals surface area contributed by atoms with Crippen molar-refractivity contribution in [1.29, 1.82) is 5.53 Å². The van der Waals surface area contributed by atoms with Crippen LogP contribution in [0.15, 0.2) is 59.0 Å². The molecule has 154 valence electrons. The summed E-state index contributed by atoms with van der Waals surface area (Å²) in [4.78, 5) is 0. The number of benzene rings is 1. The standard InChI is InChI=1S/C23H32N6/c1-14-5-8-20(15(2)11-14)28-21-9-10-27-23(16(3)24)18-7-6-17(12-19(18)21)22(29-25)13-26-4/h5-8,11-13,15,20-21,25-28H,9-10,24H2,1-4H3/b22-13-,23-16-,29-25?. The number of fused-ring (bicyclic) bond motifs is 1. The first kappa shape index (κ1) is 20.9. The zero-order valence-electron chi connectivity index (χ0n) is 17.7. The first-order valence-corrected chi connectivity index (χ1v) is 10.2. The Morgan fingerprint density at radius 3 is 2.83 bits per heavy atom. The third-order valence-electron chi connectivity index (χ3n) is 5.58. The average Bonchev–Trinajstić information content (AvgIpc) is 2.87. The molecule has 0 bridgehead atoms. The maximum Gasteiger partial charge on any atom is 0.108 e. The van der Waals surface area contributed by atoms with E-state index in [1.807, 2.05) is 20.0 Å². The molecule has 1 aliphatic heterocycles. The van der Waals surface area contributed by atoms with E-state index >= 15 is 0 Å². The lowest BCUT2D eigenvalue weighted by molar-refractivity contribution is 0.410. The van der Waals surface area contributed by atoms with Crippen LogP contribution < -0.4 is 21.7 Å². The summed E-state index contributed by atoms with van der Waals surface area (Å²) in [5, 5.41) is 14.0. The van der Waals surface area contributed by atoms with Gasteiger partial charge in [0.15, 0.2) is 0 Å². The number of rotatable bonds is 5. The fraction of sp³-hybridized carbons (Fsp3) is 0.391. The van der Waals surface area contributed by atoms with Crippen molar-refractivity contribution in [3.8, 4) is 0 Å². The number of allylic oxidation sites excluding steroid dienone is 3. The number of nitrogens with two attached hydrogens (primary N) is 1. The molecule has 0 amide bonds. The van der Waals surface area contributed by atoms with E-state index in [1.54, 1.807) is 6.20 Å². The lowest BCUT2D eigenvalue weighted by Gasteiger charge is -2.29. The molecule has 0 radical (unpaired) electrons. The molecule has 29 heavy (non-hydrogen) atoms. The summed E-state index contributed by atoms with van der Waals surface area (Å²) in [6, 6.07) is 6.67. The van der Waals surface area contributed by atoms with Gasteiger partial charge in [-0.15, -0.1) is 0 Å². The predicted molar refractivity (Wildman–Crippen MR) is 120 cm³/mol. The normalized spacial score (nSPS) is 26.0. The Balaban J connectivity index is 2.04. The fourth-order valence-electron chi connectivity index (χ4n) is 4.12. The van der Waals surface area contributed by atoms with Gasteiger partial charge in [-0.05, 0) is 37.8 Å². The van der Waals surface area contributed by atoms with Crippen LogP contribution in [-0.4, -0.2) is 19.6 Å². The molecule has 1 aromatic rings. The highest BCUT2D eigenvalue weighted by molar-refractivity contribution is 5.74. The topological polar surface area (TPSA) is 98.3 Å². The molecule has 3 atom stereocenters. The lowest BCUT2D eigenvalue weighted by Crippen LogP contribution is -2.37. The zero-order valence-corrected chi connectivity index (χ0v) is 17.7. The Kier molecular flexibility index (Phi) is 6.54. The van der Waals surface area contributed by atoms with E-state index in [9.17, 15) is 0 Å². The smallest absolute Gasteiger partial charge is 0.108 e. The minimum Gasteiger partial charge on any atom is -0.401 e. The van der Waals surface area contributed by atoms with Crippen molar-refractivity contribution in [3.05, 3.63) is 70.6 Å². The Hall–Kier alpha value is -2.86. The van der Waals surface area contributed by atoms with Crippen molar-refractivity contribution in [2.45, 2.75) is 39.3 Å². The van der Waals surface area contributed by atoms with E-state index in [2.05, 4.69) is 65.3 Å². The third-order valence-corrected chi connectivity index (χ3v) is 5.58.